The van der Waals surface area contributed by atoms with Gasteiger partial charge in [-0.1, -0.05) is 0 Å². The summed E-state index contributed by atoms with van der Waals surface area (Å²) in [5.74, 6) is 0.318. The number of hydrogen-bond acceptors (Lipinski definition) is 3. The van der Waals surface area contributed by atoms with Crippen molar-refractivity contribution in [3.63, 3.8) is 0 Å². The molecule has 2 rings (SSSR count). The van der Waals surface area contributed by atoms with Gasteiger partial charge in [-0.3, -0.25) is 0 Å². The highest BCUT2D eigenvalue weighted by molar-refractivity contribution is 5.35. The molecule has 1 aromatic carbocycles. The molecule has 2 atom stereocenters. The molecule has 1 unspecified atom stereocenters. The maximum Gasteiger partial charge on any atom is 0.127 e. The molecular weight excluding hydrogens is 199 g/mol. The van der Waals surface area contributed by atoms with E-state index in [1.165, 1.54) is 12.1 Å². The molecule has 0 fully saturated rings. The van der Waals surface area contributed by atoms with Crippen molar-refractivity contribution in [1.29, 1.82) is 0 Å². The van der Waals surface area contributed by atoms with Crippen molar-refractivity contribution in [2.75, 3.05) is 6.61 Å². The predicted octanol–water partition coefficient (Wildman–Crippen LogP) is 0.872. The summed E-state index contributed by atoms with van der Waals surface area (Å²) in [7, 11) is 0. The fourth-order valence-corrected chi connectivity index (χ4v) is 1.77. The lowest BCUT2D eigenvalue weighted by Crippen LogP contribution is -2.37. The van der Waals surface area contributed by atoms with E-state index in [2.05, 4.69) is 0 Å². The number of halogens is 1. The van der Waals surface area contributed by atoms with E-state index in [-0.39, 0.29) is 12.4 Å². The smallest absolute Gasteiger partial charge is 0.127 e. The summed E-state index contributed by atoms with van der Waals surface area (Å²) in [5.41, 5.74) is 0.816. The number of aliphatic hydroxyl groups excluding tert-OH is 2. The van der Waals surface area contributed by atoms with Gasteiger partial charge in [-0.25, -0.2) is 4.39 Å². The number of aryl methyl sites for hydroxylation is 1. The Hall–Kier alpha value is -1.13. The van der Waals surface area contributed by atoms with Crippen LogP contribution in [0.4, 0.5) is 4.39 Å². The second kappa shape index (κ2) is 4.16. The molecule has 3 nitrogen and oxygen atoms in total. The van der Waals surface area contributed by atoms with Crippen molar-refractivity contribution in [2.45, 2.75) is 25.0 Å². The molecule has 0 aliphatic carbocycles. The van der Waals surface area contributed by atoms with Gasteiger partial charge in [0.15, 0.2) is 0 Å². The zero-order valence-corrected chi connectivity index (χ0v) is 8.19. The topological polar surface area (TPSA) is 49.7 Å². The molecule has 0 aromatic heterocycles. The average molecular weight is 212 g/mol. The highest BCUT2D eigenvalue weighted by Gasteiger charge is 2.25. The number of hydrogen-bond donors (Lipinski definition) is 2. The van der Waals surface area contributed by atoms with E-state index in [1.54, 1.807) is 6.07 Å². The monoisotopic (exact) mass is 212 g/mol. The fourth-order valence-electron chi connectivity index (χ4n) is 1.77. The molecule has 0 saturated heterocycles. The zero-order chi connectivity index (χ0) is 10.8. The van der Waals surface area contributed by atoms with Crippen LogP contribution in [0.25, 0.3) is 0 Å². The maximum absolute atomic E-state index is 12.9. The molecule has 1 aliphatic rings. The summed E-state index contributed by atoms with van der Waals surface area (Å²) in [6.07, 6.45) is -0.0105. The molecule has 2 N–H and O–H groups in total. The molecule has 0 saturated carbocycles. The highest BCUT2D eigenvalue weighted by atomic mass is 19.1. The van der Waals surface area contributed by atoms with Crippen molar-refractivity contribution in [3.05, 3.63) is 29.6 Å². The highest BCUT2D eigenvalue weighted by Crippen LogP contribution is 2.29. The van der Waals surface area contributed by atoms with E-state index in [0.29, 0.717) is 18.6 Å². The van der Waals surface area contributed by atoms with Gasteiger partial charge < -0.3 is 14.9 Å². The van der Waals surface area contributed by atoms with Gasteiger partial charge in [0.05, 0.1) is 6.61 Å². The molecule has 1 aliphatic heterocycles. The van der Waals surface area contributed by atoms with Gasteiger partial charge in [0, 0.05) is 0 Å². The SMILES string of the molecule is OC[C@@H](O)C1CCc2cc(F)ccc2O1. The first-order valence-electron chi connectivity index (χ1n) is 4.94. The summed E-state index contributed by atoms with van der Waals surface area (Å²) in [6, 6.07) is 4.32. The maximum atomic E-state index is 12.9. The first kappa shape index (κ1) is 10.4. The number of rotatable bonds is 2. The number of aliphatic hydroxyl groups is 2. The van der Waals surface area contributed by atoms with Crippen molar-refractivity contribution < 1.29 is 19.3 Å². The van der Waals surface area contributed by atoms with E-state index in [0.717, 1.165) is 5.56 Å². The number of fused-ring (bicyclic) bond motifs is 1. The first-order chi connectivity index (χ1) is 7.20. The molecule has 15 heavy (non-hydrogen) atoms. The van der Waals surface area contributed by atoms with Gasteiger partial charge in [0.2, 0.25) is 0 Å². The Morgan fingerprint density at radius 2 is 2.33 bits per heavy atom. The third kappa shape index (κ3) is 2.11. The lowest BCUT2D eigenvalue weighted by Gasteiger charge is -2.28. The zero-order valence-electron chi connectivity index (χ0n) is 8.19. The van der Waals surface area contributed by atoms with Crippen LogP contribution in [0, 0.1) is 5.82 Å². The van der Waals surface area contributed by atoms with E-state index in [4.69, 9.17) is 9.84 Å². The Labute approximate surface area is 87.1 Å². The molecule has 0 bridgehead atoms. The molecule has 0 radical (unpaired) electrons. The van der Waals surface area contributed by atoms with Gasteiger partial charge in [-0.05, 0) is 36.6 Å². The van der Waals surface area contributed by atoms with Crippen LogP contribution in [0.15, 0.2) is 18.2 Å². The van der Waals surface area contributed by atoms with Gasteiger partial charge in [-0.2, -0.15) is 0 Å². The third-order valence-electron chi connectivity index (χ3n) is 2.62. The summed E-state index contributed by atoms with van der Waals surface area (Å²) >= 11 is 0. The normalized spacial score (nSPS) is 21.7. The van der Waals surface area contributed by atoms with Crippen molar-refractivity contribution in [3.8, 4) is 5.75 Å². The minimum atomic E-state index is -0.872. The van der Waals surface area contributed by atoms with Gasteiger partial charge in [0.1, 0.15) is 23.8 Å². The van der Waals surface area contributed by atoms with Crippen LogP contribution in [-0.2, 0) is 6.42 Å². The first-order valence-corrected chi connectivity index (χ1v) is 4.94. The van der Waals surface area contributed by atoms with Gasteiger partial charge in [-0.15, -0.1) is 0 Å². The molecule has 0 amide bonds. The number of ether oxygens (including phenoxy) is 1. The van der Waals surface area contributed by atoms with Crippen LogP contribution >= 0.6 is 0 Å². The van der Waals surface area contributed by atoms with Crippen LogP contribution in [-0.4, -0.2) is 29.0 Å². The van der Waals surface area contributed by atoms with E-state index >= 15 is 0 Å². The second-order valence-electron chi connectivity index (χ2n) is 3.70. The van der Waals surface area contributed by atoms with Crippen LogP contribution in [0.2, 0.25) is 0 Å². The van der Waals surface area contributed by atoms with Crippen molar-refractivity contribution >= 4 is 0 Å². The fraction of sp³-hybridized carbons (Fsp3) is 0.455. The lowest BCUT2D eigenvalue weighted by atomic mass is 9.99. The Morgan fingerprint density at radius 3 is 3.07 bits per heavy atom. The van der Waals surface area contributed by atoms with Gasteiger partial charge >= 0.3 is 0 Å². The molecule has 1 heterocycles. The minimum absolute atomic E-state index is 0.279. The minimum Gasteiger partial charge on any atom is -0.487 e. The lowest BCUT2D eigenvalue weighted by molar-refractivity contribution is -0.00965. The summed E-state index contributed by atoms with van der Waals surface area (Å²) in [5, 5.41) is 18.2. The standard InChI is InChI=1S/C11H13FO3/c12-8-2-4-10-7(5-8)1-3-11(15-10)9(14)6-13/h2,4-5,9,11,13-14H,1,3,6H2/t9-,11?/m1/s1. The molecular formula is C11H13FO3. The quantitative estimate of drug-likeness (QED) is 0.764. The Bertz CT molecular complexity index is 354. The molecule has 0 spiro atoms. The summed E-state index contributed by atoms with van der Waals surface area (Å²) < 4.78 is 18.3. The molecule has 82 valence electrons. The van der Waals surface area contributed by atoms with E-state index in [1.807, 2.05) is 0 Å². The predicted molar refractivity (Wildman–Crippen MR) is 52.2 cm³/mol. The average Bonchev–Trinajstić information content (AvgIpc) is 2.27. The number of benzene rings is 1. The van der Waals surface area contributed by atoms with E-state index < -0.39 is 12.2 Å². The van der Waals surface area contributed by atoms with Crippen LogP contribution in [0.3, 0.4) is 0 Å². The van der Waals surface area contributed by atoms with E-state index in [9.17, 15) is 9.50 Å². The second-order valence-corrected chi connectivity index (χ2v) is 3.70. The molecule has 4 heteroatoms. The summed E-state index contributed by atoms with van der Waals surface area (Å²) in [4.78, 5) is 0. The van der Waals surface area contributed by atoms with Crippen LogP contribution in [0.5, 0.6) is 5.75 Å². The third-order valence-corrected chi connectivity index (χ3v) is 2.62. The summed E-state index contributed by atoms with van der Waals surface area (Å²) in [6.45, 7) is -0.318. The van der Waals surface area contributed by atoms with Crippen molar-refractivity contribution in [1.82, 2.24) is 0 Å². The Morgan fingerprint density at radius 1 is 1.53 bits per heavy atom. The van der Waals surface area contributed by atoms with Crippen LogP contribution in [0.1, 0.15) is 12.0 Å². The van der Waals surface area contributed by atoms with Gasteiger partial charge in [0.25, 0.3) is 0 Å². The Kier molecular flexibility index (Phi) is 2.88. The Balaban J connectivity index is 2.16. The van der Waals surface area contributed by atoms with Crippen molar-refractivity contribution in [2.24, 2.45) is 0 Å². The molecule has 1 aromatic rings. The van der Waals surface area contributed by atoms with Crippen LogP contribution < -0.4 is 4.74 Å². The largest absolute Gasteiger partial charge is 0.487 e.